The third kappa shape index (κ3) is 4.38. The minimum Gasteiger partial charge on any atom is -0.505 e. The monoisotopic (exact) mass is 515 g/mol. The molecule has 4 heterocycles. The number of imidazole rings is 2. The van der Waals surface area contributed by atoms with Gasteiger partial charge in [-0.3, -0.25) is 14.0 Å². The fourth-order valence-corrected chi connectivity index (χ4v) is 4.96. The normalized spacial score (nSPS) is 16.9. The van der Waals surface area contributed by atoms with Crippen molar-refractivity contribution in [1.82, 2.24) is 23.8 Å². The van der Waals surface area contributed by atoms with Crippen LogP contribution in [0, 0.1) is 6.92 Å². The molecule has 5 rings (SSSR count). The second-order valence-electron chi connectivity index (χ2n) is 8.96. The van der Waals surface area contributed by atoms with Crippen molar-refractivity contribution >= 4 is 23.1 Å². The Bertz CT molecular complexity index is 1520. The number of hydrogen-bond donors (Lipinski definition) is 1. The summed E-state index contributed by atoms with van der Waals surface area (Å²) in [4.78, 5) is 36.9. The first-order chi connectivity index (χ1) is 18.4. The molecule has 4 aromatic rings. The maximum absolute atomic E-state index is 13.5. The first kappa shape index (κ1) is 25.1. The number of rotatable bonds is 9. The van der Waals surface area contributed by atoms with Crippen LogP contribution in [-0.4, -0.2) is 60.9 Å². The number of carbonyl (C=O) groups excluding carboxylic acids is 2. The molecule has 10 heteroatoms. The van der Waals surface area contributed by atoms with Crippen LogP contribution in [0.5, 0.6) is 11.5 Å². The molecule has 1 aromatic carbocycles. The van der Waals surface area contributed by atoms with Gasteiger partial charge >= 0.3 is 0 Å². The highest BCUT2D eigenvalue weighted by Gasteiger charge is 2.46. The summed E-state index contributed by atoms with van der Waals surface area (Å²) < 4.78 is 14.8. The Hall–Kier alpha value is -4.60. The van der Waals surface area contributed by atoms with E-state index < -0.39 is 17.7 Å². The first-order valence-corrected chi connectivity index (χ1v) is 12.4. The topological polar surface area (TPSA) is 111 Å². The van der Waals surface area contributed by atoms with E-state index in [-0.39, 0.29) is 11.3 Å². The molecule has 0 aliphatic carbocycles. The lowest BCUT2D eigenvalue weighted by atomic mass is 9.95. The van der Waals surface area contributed by atoms with Crippen molar-refractivity contribution in [3.63, 3.8) is 0 Å². The van der Waals surface area contributed by atoms with Crippen LogP contribution in [0.1, 0.15) is 36.3 Å². The number of nitrogens with zero attached hydrogens (tertiary/aromatic N) is 5. The Kier molecular flexibility index (Phi) is 6.87. The number of benzene rings is 1. The smallest absolute Gasteiger partial charge is 0.295 e. The number of ketones is 1. The zero-order valence-electron chi connectivity index (χ0n) is 21.5. The largest absolute Gasteiger partial charge is 0.505 e. The summed E-state index contributed by atoms with van der Waals surface area (Å²) >= 11 is 0. The van der Waals surface area contributed by atoms with Crippen LogP contribution in [0.4, 0.5) is 0 Å². The van der Waals surface area contributed by atoms with E-state index in [1.165, 1.54) is 12.0 Å². The van der Waals surface area contributed by atoms with E-state index in [4.69, 9.17) is 9.47 Å². The molecule has 1 saturated heterocycles. The molecule has 10 nitrogen and oxygen atoms in total. The fraction of sp³-hybridized carbons (Fsp3) is 0.286. The summed E-state index contributed by atoms with van der Waals surface area (Å²) in [7, 11) is 1.53. The minimum atomic E-state index is -0.823. The number of aliphatic hydroxyl groups is 1. The number of fused-ring (bicyclic) bond motifs is 1. The zero-order chi connectivity index (χ0) is 26.8. The SMILES string of the molecule is CCOc1ccc(C2C(=C(O)c3c(C)nc4ccccn34)C(=O)C(=O)N2CCCn2ccnc2)cc1OC. The van der Waals surface area contributed by atoms with Crippen molar-refractivity contribution in [3.05, 3.63) is 83.8 Å². The molecule has 1 amide bonds. The molecule has 1 N–H and O–H groups in total. The molecule has 1 unspecified atom stereocenters. The average Bonchev–Trinajstić information content (AvgIpc) is 3.62. The van der Waals surface area contributed by atoms with Gasteiger partial charge in [0, 0.05) is 31.7 Å². The molecular weight excluding hydrogens is 486 g/mol. The van der Waals surface area contributed by atoms with E-state index >= 15 is 0 Å². The maximum atomic E-state index is 13.5. The first-order valence-electron chi connectivity index (χ1n) is 12.4. The Morgan fingerprint density at radius 3 is 2.68 bits per heavy atom. The summed E-state index contributed by atoms with van der Waals surface area (Å²) in [6, 6.07) is 9.94. The van der Waals surface area contributed by atoms with Gasteiger partial charge in [-0.2, -0.15) is 0 Å². The lowest BCUT2D eigenvalue weighted by Crippen LogP contribution is -2.31. The molecule has 1 aliphatic heterocycles. The summed E-state index contributed by atoms with van der Waals surface area (Å²) in [5.74, 6) is -0.656. The summed E-state index contributed by atoms with van der Waals surface area (Å²) in [5, 5.41) is 11.6. The lowest BCUT2D eigenvalue weighted by Gasteiger charge is -2.26. The van der Waals surface area contributed by atoms with Crippen molar-refractivity contribution in [2.45, 2.75) is 32.9 Å². The van der Waals surface area contributed by atoms with Crippen LogP contribution >= 0.6 is 0 Å². The van der Waals surface area contributed by atoms with E-state index in [1.54, 1.807) is 48.2 Å². The van der Waals surface area contributed by atoms with Crippen LogP contribution in [0.3, 0.4) is 0 Å². The summed E-state index contributed by atoms with van der Waals surface area (Å²) in [6.45, 7) is 5.01. The Labute approximate surface area is 219 Å². The van der Waals surface area contributed by atoms with Crippen molar-refractivity contribution < 1.29 is 24.2 Å². The number of aromatic nitrogens is 4. The van der Waals surface area contributed by atoms with Crippen LogP contribution in [0.25, 0.3) is 11.4 Å². The molecule has 0 radical (unpaired) electrons. The number of carbonyl (C=O) groups is 2. The van der Waals surface area contributed by atoms with Crippen molar-refractivity contribution in [2.24, 2.45) is 0 Å². The van der Waals surface area contributed by atoms with E-state index in [2.05, 4.69) is 9.97 Å². The zero-order valence-corrected chi connectivity index (χ0v) is 21.5. The number of amides is 1. The Morgan fingerprint density at radius 1 is 1.11 bits per heavy atom. The number of Topliss-reactive ketones (excluding diaryl/α,β-unsaturated/α-hetero) is 1. The van der Waals surface area contributed by atoms with Gasteiger partial charge in [0.2, 0.25) is 0 Å². The molecule has 196 valence electrons. The van der Waals surface area contributed by atoms with Gasteiger partial charge in [0.15, 0.2) is 17.3 Å². The third-order valence-corrected chi connectivity index (χ3v) is 6.65. The van der Waals surface area contributed by atoms with E-state index in [1.807, 2.05) is 35.9 Å². The van der Waals surface area contributed by atoms with E-state index in [9.17, 15) is 14.7 Å². The molecule has 0 bridgehead atoms. The average molecular weight is 516 g/mol. The van der Waals surface area contributed by atoms with Gasteiger partial charge < -0.3 is 24.0 Å². The second kappa shape index (κ2) is 10.4. The highest BCUT2D eigenvalue weighted by Crippen LogP contribution is 2.42. The molecule has 0 spiro atoms. The summed E-state index contributed by atoms with van der Waals surface area (Å²) in [5.41, 5.74) is 2.18. The van der Waals surface area contributed by atoms with Crippen LogP contribution in [0.15, 0.2) is 66.9 Å². The predicted molar refractivity (Wildman–Crippen MR) is 140 cm³/mol. The van der Waals surface area contributed by atoms with E-state index in [0.29, 0.717) is 60.2 Å². The molecule has 1 fully saturated rings. The predicted octanol–water partition coefficient (Wildman–Crippen LogP) is 3.76. The van der Waals surface area contributed by atoms with Gasteiger partial charge in [-0.05, 0) is 50.1 Å². The number of aliphatic hydroxyl groups excluding tert-OH is 1. The molecular formula is C28H29N5O5. The van der Waals surface area contributed by atoms with Gasteiger partial charge in [-0.15, -0.1) is 0 Å². The molecule has 3 aromatic heterocycles. The molecule has 38 heavy (non-hydrogen) atoms. The Balaban J connectivity index is 1.63. The van der Waals surface area contributed by atoms with Crippen molar-refractivity contribution in [2.75, 3.05) is 20.3 Å². The van der Waals surface area contributed by atoms with Crippen molar-refractivity contribution in [1.29, 1.82) is 0 Å². The highest BCUT2D eigenvalue weighted by molar-refractivity contribution is 6.46. The lowest BCUT2D eigenvalue weighted by molar-refractivity contribution is -0.139. The number of aryl methyl sites for hydroxylation is 2. The summed E-state index contributed by atoms with van der Waals surface area (Å²) in [6.07, 6.45) is 7.59. The molecule has 1 aliphatic rings. The van der Waals surface area contributed by atoms with Gasteiger partial charge in [0.05, 0.1) is 37.4 Å². The van der Waals surface area contributed by atoms with Crippen LogP contribution in [0.2, 0.25) is 0 Å². The molecule has 1 atom stereocenters. The number of methoxy groups -OCH3 is 1. The standard InChI is InChI=1S/C28H29N5O5/c1-4-38-20-10-9-19(16-21(20)37-3)25-23(26(34)24-18(2)30-22-8-5-6-13-32(22)24)27(35)28(36)33(25)14-7-12-31-15-11-29-17-31/h5-6,8-11,13,15-17,25,34H,4,7,12,14H2,1-3H3. The second-order valence-corrected chi connectivity index (χ2v) is 8.96. The number of likely N-dealkylation sites (tertiary alicyclic amines) is 1. The number of hydrogen-bond acceptors (Lipinski definition) is 7. The minimum absolute atomic E-state index is 0.0117. The fourth-order valence-electron chi connectivity index (χ4n) is 4.96. The number of ether oxygens (including phenoxy) is 2. The van der Waals surface area contributed by atoms with E-state index in [0.717, 1.165) is 0 Å². The third-order valence-electron chi connectivity index (χ3n) is 6.65. The van der Waals surface area contributed by atoms with Crippen molar-refractivity contribution in [3.8, 4) is 11.5 Å². The van der Waals surface area contributed by atoms with Gasteiger partial charge in [0.1, 0.15) is 11.3 Å². The van der Waals surface area contributed by atoms with Gasteiger partial charge in [0.25, 0.3) is 11.7 Å². The van der Waals surface area contributed by atoms with Crippen LogP contribution < -0.4 is 9.47 Å². The van der Waals surface area contributed by atoms with Gasteiger partial charge in [-0.1, -0.05) is 12.1 Å². The quantitative estimate of drug-likeness (QED) is 0.205. The highest BCUT2D eigenvalue weighted by atomic mass is 16.5. The Morgan fingerprint density at radius 2 is 1.95 bits per heavy atom. The van der Waals surface area contributed by atoms with Crippen LogP contribution in [-0.2, 0) is 16.1 Å². The number of pyridine rings is 1. The molecule has 0 saturated carbocycles. The van der Waals surface area contributed by atoms with Gasteiger partial charge in [-0.25, -0.2) is 9.97 Å². The maximum Gasteiger partial charge on any atom is 0.295 e.